The molecule has 0 aliphatic carbocycles. The topological polar surface area (TPSA) is 9.23 Å². The van der Waals surface area contributed by atoms with E-state index in [1.165, 1.54) is 89.0 Å². The van der Waals surface area contributed by atoms with Crippen LogP contribution in [0.3, 0.4) is 0 Å². The second kappa shape index (κ2) is 26.0. The third-order valence-corrected chi connectivity index (χ3v) is 13.0. The van der Waals surface area contributed by atoms with Crippen LogP contribution in [-0.4, -0.2) is 12.0 Å². The van der Waals surface area contributed by atoms with Crippen LogP contribution >= 0.6 is 22.6 Å². The summed E-state index contributed by atoms with van der Waals surface area (Å²) in [6, 6.07) is 44.2. The summed E-state index contributed by atoms with van der Waals surface area (Å²) in [5.41, 5.74) is 22.8. The first-order valence-electron chi connectivity index (χ1n) is 25.5. The number of hydrogen-bond donors (Lipinski definition) is 0. The largest absolute Gasteiger partial charge is 0.496 e. The van der Waals surface area contributed by atoms with E-state index in [2.05, 4.69) is 286 Å². The van der Waals surface area contributed by atoms with Crippen molar-refractivity contribution in [2.45, 2.75) is 153 Å². The van der Waals surface area contributed by atoms with Gasteiger partial charge in [-0.15, -0.1) is 0 Å². The number of methoxy groups -OCH3 is 1. The third-order valence-electron chi connectivity index (χ3n) is 13.0. The summed E-state index contributed by atoms with van der Waals surface area (Å²) in [4.78, 5) is 1.97. The lowest BCUT2D eigenvalue weighted by molar-refractivity contribution is 0.395. The third kappa shape index (κ3) is 15.9. The Bertz CT molecular complexity index is 2780. The van der Waals surface area contributed by atoms with Gasteiger partial charge in [0, 0.05) is 11.1 Å². The van der Waals surface area contributed by atoms with E-state index in [-0.39, 0.29) is 21.7 Å². The van der Waals surface area contributed by atoms with Crippen LogP contribution in [0.1, 0.15) is 172 Å². The minimum absolute atomic E-state index is 0.00263. The Labute approximate surface area is 447 Å². The highest BCUT2D eigenvalue weighted by Gasteiger charge is 2.27. The van der Waals surface area contributed by atoms with Gasteiger partial charge in [-0.3, -0.25) is 0 Å². The van der Waals surface area contributed by atoms with Crippen molar-refractivity contribution >= 4 is 45.4 Å². The molecule has 0 unspecified atom stereocenters. The molecule has 6 aromatic carbocycles. The van der Waals surface area contributed by atoms with Crippen LogP contribution in [0.2, 0.25) is 0 Å². The zero-order chi connectivity index (χ0) is 53.6. The predicted octanol–water partition coefficient (Wildman–Crippen LogP) is 21.1. The lowest BCUT2D eigenvalue weighted by Crippen LogP contribution is -2.18. The molecule has 2 heteroatoms. The molecule has 0 atom stereocenters. The fourth-order valence-corrected chi connectivity index (χ4v) is 8.68. The van der Waals surface area contributed by atoms with Gasteiger partial charge >= 0.3 is 0 Å². The molecule has 0 radical (unpaired) electrons. The fraction of sp³-hybridized carbons (Fsp3) is 0.362. The second-order valence-corrected chi connectivity index (χ2v) is 22.6. The molecule has 1 nitrogen and oxygen atoms in total. The van der Waals surface area contributed by atoms with Crippen molar-refractivity contribution in [3.63, 3.8) is 0 Å². The number of ether oxygens (including phenoxy) is 1. The lowest BCUT2D eigenvalue weighted by atomic mass is 9.77. The number of aryl methyl sites for hydroxylation is 2. The second-order valence-electron chi connectivity index (χ2n) is 22.6. The molecule has 0 bridgehead atoms. The van der Waals surface area contributed by atoms with Crippen molar-refractivity contribution < 1.29 is 4.74 Å². The standard InChI is InChI=1S/C49H60O.C17H20.C2H6.CH3I/c1-16-21-37(36-23-18-17-19-24-36)26-33(3)41-28-38(47(6,7)8)30-44(35(41)5)40-25-20-22-32(2)42(40)27-34(4)43-29-39(48(9,10)11)31-45(46(43)50-15)49(12,13)14;1-13-10-11-15(17(2,3)4)12-16(13)14-8-6-5-7-9-14;2*1-2/h16-31H,1H2,2-15H3;5-12H,1-4H3;1-2H3;1H3/b33-26+,34-27+,37-21+;;;. The lowest BCUT2D eigenvalue weighted by Gasteiger charge is -2.29. The number of benzene rings is 6. The van der Waals surface area contributed by atoms with E-state index < -0.39 is 0 Å². The summed E-state index contributed by atoms with van der Waals surface area (Å²) in [7, 11) is 1.81. The Balaban J connectivity index is 0.000000527. The Kier molecular flexibility index (Phi) is 22.0. The maximum Gasteiger partial charge on any atom is 0.130 e. The zero-order valence-corrected chi connectivity index (χ0v) is 50.0. The molecule has 0 fully saturated rings. The Morgan fingerprint density at radius 1 is 0.521 bits per heavy atom. The molecule has 0 spiro atoms. The quantitative estimate of drug-likeness (QED) is 0.0607. The summed E-state index contributed by atoms with van der Waals surface area (Å²) in [5.74, 6) is 0.963. The molecule has 71 heavy (non-hydrogen) atoms. The summed E-state index contributed by atoms with van der Waals surface area (Å²) < 4.78 is 6.21. The maximum absolute atomic E-state index is 6.21. The van der Waals surface area contributed by atoms with E-state index in [0.29, 0.717) is 0 Å². The average Bonchev–Trinajstić information content (AvgIpc) is 3.32. The van der Waals surface area contributed by atoms with Crippen LogP contribution in [0.5, 0.6) is 5.75 Å². The molecule has 0 saturated carbocycles. The number of allylic oxidation sites excluding steroid dienone is 6. The summed E-state index contributed by atoms with van der Waals surface area (Å²) in [6.45, 7) is 46.5. The number of halogens is 1. The molecule has 0 aromatic heterocycles. The smallest absolute Gasteiger partial charge is 0.130 e. The molecule has 0 amide bonds. The monoisotopic (exact) mass is 1060 g/mol. The van der Waals surface area contributed by atoms with Crippen molar-refractivity contribution in [3.8, 4) is 28.0 Å². The van der Waals surface area contributed by atoms with Crippen molar-refractivity contribution in [1.29, 1.82) is 0 Å². The first kappa shape index (κ1) is 60.1. The van der Waals surface area contributed by atoms with E-state index >= 15 is 0 Å². The number of hydrogen-bond acceptors (Lipinski definition) is 1. The molecule has 0 aliphatic rings. The van der Waals surface area contributed by atoms with Gasteiger partial charge in [0.05, 0.1) is 7.11 Å². The van der Waals surface area contributed by atoms with Gasteiger partial charge in [0.15, 0.2) is 0 Å². The van der Waals surface area contributed by atoms with Crippen LogP contribution in [-0.2, 0) is 21.7 Å². The Morgan fingerprint density at radius 3 is 1.56 bits per heavy atom. The van der Waals surface area contributed by atoms with Crippen molar-refractivity contribution in [1.82, 2.24) is 0 Å². The predicted molar refractivity (Wildman–Crippen MR) is 329 cm³/mol. The van der Waals surface area contributed by atoms with Gasteiger partial charge in [0.2, 0.25) is 0 Å². The van der Waals surface area contributed by atoms with Gasteiger partial charge in [-0.1, -0.05) is 266 Å². The van der Waals surface area contributed by atoms with Gasteiger partial charge < -0.3 is 4.74 Å². The highest BCUT2D eigenvalue weighted by Crippen LogP contribution is 2.43. The minimum atomic E-state index is -0.0665. The first-order valence-corrected chi connectivity index (χ1v) is 27.7. The molecule has 0 N–H and O–H groups in total. The molecule has 378 valence electrons. The number of alkyl halides is 1. The van der Waals surface area contributed by atoms with E-state index in [9.17, 15) is 0 Å². The van der Waals surface area contributed by atoms with Gasteiger partial charge in [0.1, 0.15) is 5.75 Å². The summed E-state index contributed by atoms with van der Waals surface area (Å²) in [5, 5.41) is 0. The van der Waals surface area contributed by atoms with E-state index in [0.717, 1.165) is 16.9 Å². The Morgan fingerprint density at radius 2 is 1.04 bits per heavy atom. The molecular formula is C69H89IO. The van der Waals surface area contributed by atoms with Gasteiger partial charge in [0.25, 0.3) is 0 Å². The van der Waals surface area contributed by atoms with Crippen LogP contribution in [0.25, 0.3) is 45.0 Å². The molecule has 6 rings (SSSR count). The number of rotatable bonds is 9. The normalized spacial score (nSPS) is 12.4. The van der Waals surface area contributed by atoms with Crippen LogP contribution in [0, 0.1) is 20.8 Å². The van der Waals surface area contributed by atoms with Crippen molar-refractivity contribution in [2.75, 3.05) is 12.0 Å². The Hall–Kier alpha value is -5.19. The summed E-state index contributed by atoms with van der Waals surface area (Å²) in [6.07, 6.45) is 8.66. The van der Waals surface area contributed by atoms with E-state index in [4.69, 9.17) is 4.74 Å². The SMILES string of the molecule is C=C/C=C(\C=C(/C)c1cc(C(C)(C)C)cc(-c2cccc(C)c2/C=C(\C)c2cc(C(C)(C)C)cc(C(C)(C)C)c2OC)c1C)c1ccccc1.CC.CI.Cc1ccc(C(C)(C)C)cc1-c1ccccc1. The highest BCUT2D eigenvalue weighted by atomic mass is 127. The minimum Gasteiger partial charge on any atom is -0.496 e. The zero-order valence-electron chi connectivity index (χ0n) is 47.8. The molecule has 6 aromatic rings. The fourth-order valence-electron chi connectivity index (χ4n) is 8.68. The van der Waals surface area contributed by atoms with Crippen molar-refractivity contribution in [3.05, 3.63) is 207 Å². The first-order chi connectivity index (χ1) is 33.3. The van der Waals surface area contributed by atoms with Gasteiger partial charge in [-0.25, -0.2) is 0 Å². The van der Waals surface area contributed by atoms with Crippen LogP contribution in [0.4, 0.5) is 0 Å². The van der Waals surface area contributed by atoms with E-state index in [1.54, 1.807) is 0 Å². The molecule has 0 aliphatic heterocycles. The molecule has 0 saturated heterocycles. The van der Waals surface area contributed by atoms with E-state index in [1.807, 2.05) is 32.0 Å². The maximum atomic E-state index is 6.21. The molecule has 0 heterocycles. The van der Waals surface area contributed by atoms with Gasteiger partial charge in [-0.05, 0) is 156 Å². The highest BCUT2D eigenvalue weighted by molar-refractivity contribution is 14.1. The van der Waals surface area contributed by atoms with Crippen molar-refractivity contribution in [2.24, 2.45) is 0 Å². The average molecular weight is 1060 g/mol. The van der Waals surface area contributed by atoms with Crippen LogP contribution in [0.15, 0.2) is 146 Å². The van der Waals surface area contributed by atoms with Gasteiger partial charge in [-0.2, -0.15) is 0 Å². The molecular weight excluding hydrogens is 972 g/mol. The summed E-state index contributed by atoms with van der Waals surface area (Å²) >= 11 is 2.15. The van der Waals surface area contributed by atoms with Crippen LogP contribution < -0.4 is 4.74 Å².